The van der Waals surface area contributed by atoms with Crippen LogP contribution in [0.15, 0.2) is 52.0 Å². The first-order chi connectivity index (χ1) is 11.1. The van der Waals surface area contributed by atoms with Gasteiger partial charge in [-0.05, 0) is 64.8 Å². The standard InChI is InChI=1S/C17H17BrN2O3/c1-3-23-16-8-7-12(9-15(16)18)11-19-20-17(21)13-5-4-6-14(10-13)22-2/h4-11H,3H2,1-2H3,(H,20,21)/b19-11+. The zero-order valence-corrected chi connectivity index (χ0v) is 14.5. The molecule has 120 valence electrons. The van der Waals surface area contributed by atoms with Gasteiger partial charge in [0.05, 0.1) is 24.4 Å². The predicted octanol–water partition coefficient (Wildman–Crippen LogP) is 3.62. The van der Waals surface area contributed by atoms with Crippen LogP contribution in [-0.4, -0.2) is 25.8 Å². The van der Waals surface area contributed by atoms with Gasteiger partial charge in [0.25, 0.3) is 5.91 Å². The van der Waals surface area contributed by atoms with Gasteiger partial charge >= 0.3 is 0 Å². The summed E-state index contributed by atoms with van der Waals surface area (Å²) in [6.45, 7) is 2.53. The maximum Gasteiger partial charge on any atom is 0.271 e. The summed E-state index contributed by atoms with van der Waals surface area (Å²) in [5.41, 5.74) is 3.81. The van der Waals surface area contributed by atoms with Gasteiger partial charge in [-0.25, -0.2) is 5.43 Å². The summed E-state index contributed by atoms with van der Waals surface area (Å²) in [6.07, 6.45) is 1.57. The Morgan fingerprint density at radius 2 is 2.13 bits per heavy atom. The average molecular weight is 377 g/mol. The van der Waals surface area contributed by atoms with Crippen LogP contribution in [0.2, 0.25) is 0 Å². The van der Waals surface area contributed by atoms with E-state index in [1.54, 1.807) is 37.6 Å². The van der Waals surface area contributed by atoms with Crippen molar-refractivity contribution in [2.75, 3.05) is 13.7 Å². The SMILES string of the molecule is CCOc1ccc(/C=N/NC(=O)c2cccc(OC)c2)cc1Br. The van der Waals surface area contributed by atoms with E-state index in [2.05, 4.69) is 26.5 Å². The van der Waals surface area contributed by atoms with E-state index in [9.17, 15) is 4.79 Å². The van der Waals surface area contributed by atoms with E-state index in [4.69, 9.17) is 9.47 Å². The molecule has 0 unspecified atom stereocenters. The van der Waals surface area contributed by atoms with Gasteiger partial charge in [-0.1, -0.05) is 6.07 Å². The summed E-state index contributed by atoms with van der Waals surface area (Å²) in [4.78, 5) is 12.0. The number of nitrogens with zero attached hydrogens (tertiary/aromatic N) is 1. The summed E-state index contributed by atoms with van der Waals surface area (Å²) < 4.78 is 11.4. The monoisotopic (exact) mass is 376 g/mol. The molecular formula is C17H17BrN2O3. The maximum atomic E-state index is 12.0. The van der Waals surface area contributed by atoms with Crippen molar-refractivity contribution < 1.29 is 14.3 Å². The van der Waals surface area contributed by atoms with Gasteiger partial charge in [0.15, 0.2) is 0 Å². The number of rotatable bonds is 6. The summed E-state index contributed by atoms with van der Waals surface area (Å²) in [6, 6.07) is 12.4. The first-order valence-electron chi connectivity index (χ1n) is 7.04. The Balaban J connectivity index is 2.00. The highest BCUT2D eigenvalue weighted by atomic mass is 79.9. The lowest BCUT2D eigenvalue weighted by molar-refractivity contribution is 0.0955. The third-order valence-corrected chi connectivity index (χ3v) is 3.59. The quantitative estimate of drug-likeness (QED) is 0.618. The lowest BCUT2D eigenvalue weighted by atomic mass is 10.2. The molecule has 23 heavy (non-hydrogen) atoms. The van der Waals surface area contributed by atoms with Crippen molar-refractivity contribution in [3.63, 3.8) is 0 Å². The van der Waals surface area contributed by atoms with Crippen molar-refractivity contribution >= 4 is 28.1 Å². The Labute approximate surface area is 143 Å². The summed E-state index contributed by atoms with van der Waals surface area (Å²) in [5.74, 6) is 1.09. The molecule has 0 bridgehead atoms. The second-order valence-corrected chi connectivity index (χ2v) is 5.41. The molecule has 0 heterocycles. The fourth-order valence-corrected chi connectivity index (χ4v) is 2.38. The highest BCUT2D eigenvalue weighted by molar-refractivity contribution is 9.10. The molecule has 0 aliphatic heterocycles. The fourth-order valence-electron chi connectivity index (χ4n) is 1.86. The van der Waals surface area contributed by atoms with Crippen LogP contribution >= 0.6 is 15.9 Å². The summed E-state index contributed by atoms with van der Waals surface area (Å²) >= 11 is 3.43. The van der Waals surface area contributed by atoms with E-state index in [1.165, 1.54) is 0 Å². The first kappa shape index (κ1) is 17.0. The molecule has 0 radical (unpaired) electrons. The van der Waals surface area contributed by atoms with E-state index in [0.717, 1.165) is 15.8 Å². The van der Waals surface area contributed by atoms with Gasteiger partial charge in [0.2, 0.25) is 0 Å². The molecule has 0 aromatic heterocycles. The highest BCUT2D eigenvalue weighted by Gasteiger charge is 2.05. The Morgan fingerprint density at radius 1 is 1.30 bits per heavy atom. The van der Waals surface area contributed by atoms with Crippen LogP contribution in [0.1, 0.15) is 22.8 Å². The molecule has 0 saturated carbocycles. The number of benzene rings is 2. The number of nitrogens with one attached hydrogen (secondary N) is 1. The first-order valence-corrected chi connectivity index (χ1v) is 7.83. The molecule has 0 aliphatic carbocycles. The van der Waals surface area contributed by atoms with E-state index in [1.807, 2.05) is 25.1 Å². The minimum absolute atomic E-state index is 0.301. The number of amides is 1. The molecule has 2 rings (SSSR count). The number of hydrogen-bond donors (Lipinski definition) is 1. The molecule has 2 aromatic rings. The zero-order valence-electron chi connectivity index (χ0n) is 12.9. The van der Waals surface area contributed by atoms with E-state index >= 15 is 0 Å². The molecule has 1 amide bonds. The second kappa shape index (κ2) is 8.33. The molecule has 0 saturated heterocycles. The second-order valence-electron chi connectivity index (χ2n) is 4.55. The third kappa shape index (κ3) is 4.82. The topological polar surface area (TPSA) is 59.9 Å². The number of hydrazone groups is 1. The number of carbonyl (C=O) groups excluding carboxylic acids is 1. The molecule has 0 aliphatic rings. The van der Waals surface area contributed by atoms with Crippen LogP contribution in [-0.2, 0) is 0 Å². The summed E-state index contributed by atoms with van der Waals surface area (Å²) in [7, 11) is 1.55. The van der Waals surface area contributed by atoms with E-state index in [0.29, 0.717) is 17.9 Å². The van der Waals surface area contributed by atoms with Gasteiger partial charge < -0.3 is 9.47 Å². The molecule has 6 heteroatoms. The third-order valence-electron chi connectivity index (χ3n) is 2.97. The van der Waals surface area contributed by atoms with Crippen LogP contribution in [0.5, 0.6) is 11.5 Å². The Kier molecular flexibility index (Phi) is 6.17. The average Bonchev–Trinajstić information content (AvgIpc) is 2.57. The molecular weight excluding hydrogens is 360 g/mol. The number of carbonyl (C=O) groups is 1. The van der Waals surface area contributed by atoms with Crippen molar-refractivity contribution in [2.24, 2.45) is 5.10 Å². The smallest absolute Gasteiger partial charge is 0.271 e. The number of ether oxygens (including phenoxy) is 2. The number of halogens is 1. The molecule has 0 fully saturated rings. The Morgan fingerprint density at radius 3 is 2.83 bits per heavy atom. The summed E-state index contributed by atoms with van der Waals surface area (Å²) in [5, 5.41) is 3.96. The lowest BCUT2D eigenvalue weighted by Crippen LogP contribution is -2.17. The largest absolute Gasteiger partial charge is 0.497 e. The molecule has 0 atom stereocenters. The van der Waals surface area contributed by atoms with Crippen molar-refractivity contribution in [2.45, 2.75) is 6.92 Å². The minimum Gasteiger partial charge on any atom is -0.497 e. The van der Waals surface area contributed by atoms with Crippen LogP contribution < -0.4 is 14.9 Å². The normalized spacial score (nSPS) is 10.6. The molecule has 2 aromatic carbocycles. The predicted molar refractivity (Wildman–Crippen MR) is 93.4 cm³/mol. The molecule has 1 N–H and O–H groups in total. The number of hydrogen-bond acceptors (Lipinski definition) is 4. The van der Waals surface area contributed by atoms with Crippen LogP contribution in [0.3, 0.4) is 0 Å². The fraction of sp³-hybridized carbons (Fsp3) is 0.176. The van der Waals surface area contributed by atoms with Crippen molar-refractivity contribution in [1.82, 2.24) is 5.43 Å². The van der Waals surface area contributed by atoms with Gasteiger partial charge in [-0.3, -0.25) is 4.79 Å². The van der Waals surface area contributed by atoms with Gasteiger partial charge in [0.1, 0.15) is 11.5 Å². The van der Waals surface area contributed by atoms with Gasteiger partial charge in [-0.15, -0.1) is 0 Å². The van der Waals surface area contributed by atoms with Crippen molar-refractivity contribution in [3.8, 4) is 11.5 Å². The highest BCUT2D eigenvalue weighted by Crippen LogP contribution is 2.25. The lowest BCUT2D eigenvalue weighted by Gasteiger charge is -2.06. The molecule has 5 nitrogen and oxygen atoms in total. The van der Waals surface area contributed by atoms with Gasteiger partial charge in [-0.2, -0.15) is 5.10 Å². The zero-order chi connectivity index (χ0) is 16.7. The Hall–Kier alpha value is -2.34. The van der Waals surface area contributed by atoms with Crippen molar-refractivity contribution in [1.29, 1.82) is 0 Å². The van der Waals surface area contributed by atoms with Crippen LogP contribution in [0.25, 0.3) is 0 Å². The van der Waals surface area contributed by atoms with Crippen LogP contribution in [0, 0.1) is 0 Å². The van der Waals surface area contributed by atoms with Crippen molar-refractivity contribution in [3.05, 3.63) is 58.1 Å². The van der Waals surface area contributed by atoms with E-state index in [-0.39, 0.29) is 5.91 Å². The minimum atomic E-state index is -0.301. The number of methoxy groups -OCH3 is 1. The van der Waals surface area contributed by atoms with Crippen LogP contribution in [0.4, 0.5) is 0 Å². The van der Waals surface area contributed by atoms with Gasteiger partial charge in [0, 0.05) is 5.56 Å². The van der Waals surface area contributed by atoms with E-state index < -0.39 is 0 Å². The Bertz CT molecular complexity index is 717. The maximum absolute atomic E-state index is 12.0. The molecule has 0 spiro atoms.